The van der Waals surface area contributed by atoms with Crippen LogP contribution in [0.15, 0.2) is 17.2 Å². The molecule has 1 atom stereocenters. The zero-order valence-corrected chi connectivity index (χ0v) is 9.27. The minimum atomic E-state index is -0.119. The summed E-state index contributed by atoms with van der Waals surface area (Å²) in [5, 5.41) is 6.24. The number of nitrogens with zero attached hydrogens (tertiary/aromatic N) is 2. The number of aryl methyl sites for hydroxylation is 1. The standard InChI is InChI=1S/C10H16N4O2/c1-14-4-2-12-9(10(14)15)13-7-8-6-11-3-5-16-8/h2,4,8,11H,3,5-7H2,1H3,(H,12,13). The van der Waals surface area contributed by atoms with Crippen molar-refractivity contribution in [2.45, 2.75) is 6.10 Å². The van der Waals surface area contributed by atoms with E-state index in [0.29, 0.717) is 19.0 Å². The Balaban J connectivity index is 1.94. The van der Waals surface area contributed by atoms with Crippen LogP contribution in [-0.4, -0.2) is 41.9 Å². The topological polar surface area (TPSA) is 68.2 Å². The first-order valence-corrected chi connectivity index (χ1v) is 5.35. The lowest BCUT2D eigenvalue weighted by Crippen LogP contribution is -2.42. The Morgan fingerprint density at radius 1 is 1.75 bits per heavy atom. The lowest BCUT2D eigenvalue weighted by molar-refractivity contribution is 0.0371. The van der Waals surface area contributed by atoms with E-state index in [1.165, 1.54) is 4.57 Å². The van der Waals surface area contributed by atoms with Crippen LogP contribution in [0.2, 0.25) is 0 Å². The van der Waals surface area contributed by atoms with E-state index < -0.39 is 0 Å². The number of nitrogens with one attached hydrogen (secondary N) is 2. The van der Waals surface area contributed by atoms with E-state index >= 15 is 0 Å². The Kier molecular flexibility index (Phi) is 3.53. The first-order valence-electron chi connectivity index (χ1n) is 5.35. The Labute approximate surface area is 93.6 Å². The van der Waals surface area contributed by atoms with Crippen molar-refractivity contribution in [2.75, 3.05) is 31.6 Å². The fourth-order valence-electron chi connectivity index (χ4n) is 1.58. The van der Waals surface area contributed by atoms with E-state index in [9.17, 15) is 4.79 Å². The van der Waals surface area contributed by atoms with Crippen LogP contribution < -0.4 is 16.2 Å². The molecule has 0 radical (unpaired) electrons. The average Bonchev–Trinajstić information content (AvgIpc) is 2.32. The van der Waals surface area contributed by atoms with E-state index in [2.05, 4.69) is 15.6 Å². The van der Waals surface area contributed by atoms with Gasteiger partial charge in [-0.3, -0.25) is 4.79 Å². The van der Waals surface area contributed by atoms with E-state index in [1.807, 2.05) is 0 Å². The van der Waals surface area contributed by atoms with Crippen molar-refractivity contribution in [1.82, 2.24) is 14.9 Å². The van der Waals surface area contributed by atoms with Crippen LogP contribution >= 0.6 is 0 Å². The molecule has 2 heterocycles. The summed E-state index contributed by atoms with van der Waals surface area (Å²) in [5.74, 6) is 0.374. The normalized spacial score (nSPS) is 20.7. The molecule has 0 amide bonds. The van der Waals surface area contributed by atoms with Gasteiger partial charge in [0.25, 0.3) is 5.56 Å². The monoisotopic (exact) mass is 224 g/mol. The number of hydrogen-bond acceptors (Lipinski definition) is 5. The maximum Gasteiger partial charge on any atom is 0.293 e. The second kappa shape index (κ2) is 5.09. The molecular formula is C10H16N4O2. The van der Waals surface area contributed by atoms with Crippen LogP contribution in [0, 0.1) is 0 Å². The molecule has 1 saturated heterocycles. The highest BCUT2D eigenvalue weighted by Crippen LogP contribution is 1.98. The number of hydrogen-bond donors (Lipinski definition) is 2. The third-order valence-corrected chi connectivity index (χ3v) is 2.52. The number of anilines is 1. The largest absolute Gasteiger partial charge is 0.374 e. The molecule has 1 aromatic heterocycles. The van der Waals surface area contributed by atoms with Crippen LogP contribution in [-0.2, 0) is 11.8 Å². The van der Waals surface area contributed by atoms with E-state index in [1.54, 1.807) is 19.4 Å². The molecule has 16 heavy (non-hydrogen) atoms. The average molecular weight is 224 g/mol. The fourth-order valence-corrected chi connectivity index (χ4v) is 1.58. The van der Waals surface area contributed by atoms with Gasteiger partial charge in [0.05, 0.1) is 12.7 Å². The van der Waals surface area contributed by atoms with Gasteiger partial charge in [-0.2, -0.15) is 0 Å². The Hall–Kier alpha value is -1.40. The lowest BCUT2D eigenvalue weighted by Gasteiger charge is -2.23. The number of aromatic nitrogens is 2. The Morgan fingerprint density at radius 2 is 2.62 bits per heavy atom. The summed E-state index contributed by atoms with van der Waals surface area (Å²) < 4.78 is 7.00. The minimum absolute atomic E-state index is 0.0977. The zero-order valence-electron chi connectivity index (χ0n) is 9.27. The van der Waals surface area contributed by atoms with Crippen LogP contribution in [0.25, 0.3) is 0 Å². The van der Waals surface area contributed by atoms with Gasteiger partial charge in [-0.1, -0.05) is 0 Å². The molecule has 88 valence electrons. The van der Waals surface area contributed by atoms with E-state index in [0.717, 1.165) is 13.1 Å². The third-order valence-electron chi connectivity index (χ3n) is 2.52. The molecule has 0 aliphatic carbocycles. The molecular weight excluding hydrogens is 208 g/mol. The molecule has 1 aromatic rings. The van der Waals surface area contributed by atoms with E-state index in [4.69, 9.17) is 4.74 Å². The van der Waals surface area contributed by atoms with Gasteiger partial charge < -0.3 is 19.9 Å². The summed E-state index contributed by atoms with van der Waals surface area (Å²) in [7, 11) is 1.70. The minimum Gasteiger partial charge on any atom is -0.374 e. The summed E-state index contributed by atoms with van der Waals surface area (Å²) in [5.41, 5.74) is -0.119. The van der Waals surface area contributed by atoms with E-state index in [-0.39, 0.29) is 11.7 Å². The summed E-state index contributed by atoms with van der Waals surface area (Å²) >= 11 is 0. The SMILES string of the molecule is Cn1ccnc(NCC2CNCCO2)c1=O. The summed E-state index contributed by atoms with van der Waals surface area (Å²) in [6, 6.07) is 0. The van der Waals surface area contributed by atoms with Crippen molar-refractivity contribution in [1.29, 1.82) is 0 Å². The molecule has 2 rings (SSSR count). The van der Waals surface area contributed by atoms with Gasteiger partial charge in [-0.25, -0.2) is 4.98 Å². The summed E-state index contributed by atoms with van der Waals surface area (Å²) in [6.45, 7) is 3.01. The highest BCUT2D eigenvalue weighted by atomic mass is 16.5. The van der Waals surface area contributed by atoms with Crippen molar-refractivity contribution in [3.8, 4) is 0 Å². The molecule has 2 N–H and O–H groups in total. The molecule has 0 saturated carbocycles. The maximum absolute atomic E-state index is 11.6. The molecule has 1 aliphatic heterocycles. The zero-order chi connectivity index (χ0) is 11.4. The number of ether oxygens (including phenoxy) is 1. The van der Waals surface area contributed by atoms with Gasteiger partial charge in [-0.15, -0.1) is 0 Å². The van der Waals surface area contributed by atoms with Crippen molar-refractivity contribution in [3.63, 3.8) is 0 Å². The first kappa shape index (κ1) is 11.1. The quantitative estimate of drug-likeness (QED) is 0.702. The molecule has 6 heteroatoms. The molecule has 0 aromatic carbocycles. The molecule has 1 unspecified atom stereocenters. The predicted octanol–water partition coefficient (Wildman–Crippen LogP) is -0.819. The van der Waals surface area contributed by atoms with Crippen LogP contribution in [0.3, 0.4) is 0 Å². The molecule has 0 bridgehead atoms. The predicted molar refractivity (Wildman–Crippen MR) is 60.6 cm³/mol. The molecule has 0 spiro atoms. The lowest BCUT2D eigenvalue weighted by atomic mass is 10.3. The van der Waals surface area contributed by atoms with Crippen molar-refractivity contribution >= 4 is 5.82 Å². The van der Waals surface area contributed by atoms with Crippen LogP contribution in [0.1, 0.15) is 0 Å². The van der Waals surface area contributed by atoms with Gasteiger partial charge in [0.1, 0.15) is 0 Å². The van der Waals surface area contributed by atoms with Gasteiger partial charge in [0.15, 0.2) is 5.82 Å². The molecule has 6 nitrogen and oxygen atoms in total. The van der Waals surface area contributed by atoms with Gasteiger partial charge in [-0.05, 0) is 0 Å². The number of rotatable bonds is 3. The van der Waals surface area contributed by atoms with Gasteiger partial charge in [0, 0.05) is 39.1 Å². The van der Waals surface area contributed by atoms with Gasteiger partial charge in [0.2, 0.25) is 0 Å². The molecule has 1 fully saturated rings. The van der Waals surface area contributed by atoms with Crippen LogP contribution in [0.4, 0.5) is 5.82 Å². The molecule has 1 aliphatic rings. The van der Waals surface area contributed by atoms with Crippen molar-refractivity contribution < 1.29 is 4.74 Å². The summed E-state index contributed by atoms with van der Waals surface area (Å²) in [4.78, 5) is 15.6. The van der Waals surface area contributed by atoms with Crippen molar-refractivity contribution in [2.24, 2.45) is 7.05 Å². The van der Waals surface area contributed by atoms with Crippen molar-refractivity contribution in [3.05, 3.63) is 22.7 Å². The fraction of sp³-hybridized carbons (Fsp3) is 0.600. The third kappa shape index (κ3) is 2.59. The van der Waals surface area contributed by atoms with Crippen LogP contribution in [0.5, 0.6) is 0 Å². The Morgan fingerprint density at radius 3 is 3.38 bits per heavy atom. The smallest absolute Gasteiger partial charge is 0.293 e. The summed E-state index contributed by atoms with van der Waals surface area (Å²) in [6.07, 6.45) is 3.33. The Bertz CT molecular complexity index is 398. The highest BCUT2D eigenvalue weighted by Gasteiger charge is 2.13. The second-order valence-corrected chi connectivity index (χ2v) is 3.77. The second-order valence-electron chi connectivity index (χ2n) is 3.77. The maximum atomic E-state index is 11.6. The highest BCUT2D eigenvalue weighted by molar-refractivity contribution is 5.30. The first-order chi connectivity index (χ1) is 7.77. The van der Waals surface area contributed by atoms with Gasteiger partial charge >= 0.3 is 0 Å². The number of morpholine rings is 1.